The lowest BCUT2D eigenvalue weighted by molar-refractivity contribution is 0.0600. The van der Waals surface area contributed by atoms with Crippen molar-refractivity contribution >= 4 is 28.3 Å². The minimum absolute atomic E-state index is 0.187. The monoisotopic (exact) mass is 305 g/mol. The summed E-state index contributed by atoms with van der Waals surface area (Å²) in [7, 11) is 1.33. The highest BCUT2D eigenvalue weighted by Crippen LogP contribution is 2.20. The number of rotatable bonds is 3. The van der Waals surface area contributed by atoms with Gasteiger partial charge in [0.25, 0.3) is 5.91 Å². The van der Waals surface area contributed by atoms with Gasteiger partial charge in [0, 0.05) is 11.3 Å². The highest BCUT2D eigenvalue weighted by Gasteiger charge is 2.10. The first-order valence-corrected chi connectivity index (χ1v) is 7.16. The summed E-state index contributed by atoms with van der Waals surface area (Å²) in [4.78, 5) is 23.9. The molecule has 0 bridgehead atoms. The molecule has 0 saturated heterocycles. The maximum atomic E-state index is 12.5. The summed E-state index contributed by atoms with van der Waals surface area (Å²) in [5, 5.41) is 4.76. The molecule has 0 fully saturated rings. The summed E-state index contributed by atoms with van der Waals surface area (Å²) in [6.45, 7) is 0. The van der Waals surface area contributed by atoms with Crippen LogP contribution in [-0.4, -0.2) is 19.0 Å². The molecule has 0 radical (unpaired) electrons. The van der Waals surface area contributed by atoms with E-state index in [1.54, 1.807) is 30.3 Å². The first-order chi connectivity index (χ1) is 11.2. The number of fused-ring (bicyclic) bond motifs is 1. The molecule has 0 heterocycles. The molecule has 0 saturated carbocycles. The lowest BCUT2D eigenvalue weighted by atomic mass is 10.0. The number of carbonyl (C=O) groups is 2. The number of hydrogen-bond donors (Lipinski definition) is 1. The van der Waals surface area contributed by atoms with Crippen molar-refractivity contribution in [1.82, 2.24) is 0 Å². The standard InChI is InChI=1S/C19H15NO3/c1-23-19(22)14-9-11-15(12-10-14)20-18(21)17-8-4-6-13-5-2-3-7-16(13)17/h2-12H,1H3,(H,20,21). The maximum absolute atomic E-state index is 12.5. The lowest BCUT2D eigenvalue weighted by Gasteiger charge is -2.08. The van der Waals surface area contributed by atoms with Gasteiger partial charge in [0.2, 0.25) is 0 Å². The number of carbonyl (C=O) groups excluding carboxylic acids is 2. The summed E-state index contributed by atoms with van der Waals surface area (Å²) in [6, 6.07) is 19.9. The van der Waals surface area contributed by atoms with Crippen LogP contribution in [0.5, 0.6) is 0 Å². The highest BCUT2D eigenvalue weighted by atomic mass is 16.5. The molecule has 3 aromatic rings. The molecular formula is C19H15NO3. The van der Waals surface area contributed by atoms with Crippen LogP contribution in [0.15, 0.2) is 66.7 Å². The molecule has 3 rings (SSSR count). The van der Waals surface area contributed by atoms with Crippen molar-refractivity contribution in [2.24, 2.45) is 0 Å². The quantitative estimate of drug-likeness (QED) is 0.747. The van der Waals surface area contributed by atoms with E-state index < -0.39 is 5.97 Å². The van der Waals surface area contributed by atoms with Crippen molar-refractivity contribution in [2.75, 3.05) is 12.4 Å². The third-order valence-electron chi connectivity index (χ3n) is 3.60. The first kappa shape index (κ1) is 14.8. The molecule has 3 aromatic carbocycles. The Hall–Kier alpha value is -3.14. The average molecular weight is 305 g/mol. The summed E-state index contributed by atoms with van der Waals surface area (Å²) in [5.41, 5.74) is 1.67. The van der Waals surface area contributed by atoms with Gasteiger partial charge in [-0.05, 0) is 41.1 Å². The molecule has 4 nitrogen and oxygen atoms in total. The predicted octanol–water partition coefficient (Wildman–Crippen LogP) is 3.88. The second kappa shape index (κ2) is 6.32. The van der Waals surface area contributed by atoms with Crippen LogP contribution >= 0.6 is 0 Å². The summed E-state index contributed by atoms with van der Waals surface area (Å²) < 4.78 is 4.65. The molecular weight excluding hydrogens is 290 g/mol. The van der Waals surface area contributed by atoms with Crippen LogP contribution in [0.2, 0.25) is 0 Å². The van der Waals surface area contributed by atoms with E-state index in [-0.39, 0.29) is 5.91 Å². The zero-order valence-corrected chi connectivity index (χ0v) is 12.6. The minimum atomic E-state index is -0.406. The Kier molecular flexibility index (Phi) is 4.06. The number of esters is 1. The molecule has 0 spiro atoms. The fraction of sp³-hybridized carbons (Fsp3) is 0.0526. The zero-order valence-electron chi connectivity index (χ0n) is 12.6. The molecule has 23 heavy (non-hydrogen) atoms. The smallest absolute Gasteiger partial charge is 0.337 e. The molecule has 114 valence electrons. The number of nitrogens with one attached hydrogen (secondary N) is 1. The Morgan fingerprint density at radius 3 is 2.30 bits per heavy atom. The summed E-state index contributed by atoms with van der Waals surface area (Å²) in [5.74, 6) is -0.593. The van der Waals surface area contributed by atoms with E-state index >= 15 is 0 Å². The number of hydrogen-bond acceptors (Lipinski definition) is 3. The van der Waals surface area contributed by atoms with E-state index in [2.05, 4.69) is 10.1 Å². The SMILES string of the molecule is COC(=O)c1ccc(NC(=O)c2cccc3ccccc23)cc1. The molecule has 4 heteroatoms. The normalized spacial score (nSPS) is 10.3. The van der Waals surface area contributed by atoms with Crippen LogP contribution in [0.1, 0.15) is 20.7 Å². The Labute approximate surface area is 133 Å². The number of anilines is 1. The Balaban J connectivity index is 1.85. The molecule has 0 aromatic heterocycles. The topological polar surface area (TPSA) is 55.4 Å². The van der Waals surface area contributed by atoms with Crippen molar-refractivity contribution in [1.29, 1.82) is 0 Å². The van der Waals surface area contributed by atoms with Crippen LogP contribution in [0, 0.1) is 0 Å². The van der Waals surface area contributed by atoms with Gasteiger partial charge < -0.3 is 10.1 Å². The van der Waals surface area contributed by atoms with Gasteiger partial charge in [-0.1, -0.05) is 36.4 Å². The van der Waals surface area contributed by atoms with Crippen LogP contribution in [-0.2, 0) is 4.74 Å². The van der Waals surface area contributed by atoms with Gasteiger partial charge in [-0.25, -0.2) is 4.79 Å². The van der Waals surface area contributed by atoms with Gasteiger partial charge in [-0.3, -0.25) is 4.79 Å². The van der Waals surface area contributed by atoms with Crippen molar-refractivity contribution < 1.29 is 14.3 Å². The van der Waals surface area contributed by atoms with Gasteiger partial charge in [0.1, 0.15) is 0 Å². The molecule has 0 aliphatic heterocycles. The molecule has 0 aliphatic carbocycles. The molecule has 1 amide bonds. The van der Waals surface area contributed by atoms with Gasteiger partial charge in [-0.2, -0.15) is 0 Å². The van der Waals surface area contributed by atoms with Crippen LogP contribution in [0.25, 0.3) is 10.8 Å². The van der Waals surface area contributed by atoms with E-state index in [4.69, 9.17) is 0 Å². The fourth-order valence-corrected chi connectivity index (χ4v) is 2.43. The van der Waals surface area contributed by atoms with Crippen LogP contribution in [0.3, 0.4) is 0 Å². The molecule has 0 unspecified atom stereocenters. The molecule has 0 atom stereocenters. The Morgan fingerprint density at radius 2 is 1.57 bits per heavy atom. The third kappa shape index (κ3) is 3.06. The second-order valence-electron chi connectivity index (χ2n) is 5.05. The van der Waals surface area contributed by atoms with Gasteiger partial charge in [-0.15, -0.1) is 0 Å². The first-order valence-electron chi connectivity index (χ1n) is 7.16. The van der Waals surface area contributed by atoms with E-state index in [1.807, 2.05) is 36.4 Å². The highest BCUT2D eigenvalue weighted by molar-refractivity contribution is 6.13. The summed E-state index contributed by atoms with van der Waals surface area (Å²) in [6.07, 6.45) is 0. The zero-order chi connectivity index (χ0) is 16.2. The largest absolute Gasteiger partial charge is 0.465 e. The van der Waals surface area contributed by atoms with Crippen molar-refractivity contribution in [3.63, 3.8) is 0 Å². The number of ether oxygens (including phenoxy) is 1. The minimum Gasteiger partial charge on any atom is -0.465 e. The van der Waals surface area contributed by atoms with Crippen molar-refractivity contribution in [3.8, 4) is 0 Å². The number of methoxy groups -OCH3 is 1. The van der Waals surface area contributed by atoms with Crippen molar-refractivity contribution in [2.45, 2.75) is 0 Å². The Bertz CT molecular complexity index is 864. The third-order valence-corrected chi connectivity index (χ3v) is 3.60. The number of benzene rings is 3. The summed E-state index contributed by atoms with van der Waals surface area (Å²) >= 11 is 0. The van der Waals surface area contributed by atoms with Crippen LogP contribution < -0.4 is 5.32 Å². The van der Waals surface area contributed by atoms with E-state index in [9.17, 15) is 9.59 Å². The lowest BCUT2D eigenvalue weighted by Crippen LogP contribution is -2.12. The van der Waals surface area contributed by atoms with Gasteiger partial charge in [0.05, 0.1) is 12.7 Å². The van der Waals surface area contributed by atoms with Gasteiger partial charge in [0.15, 0.2) is 0 Å². The van der Waals surface area contributed by atoms with E-state index in [0.29, 0.717) is 16.8 Å². The Morgan fingerprint density at radius 1 is 0.870 bits per heavy atom. The van der Waals surface area contributed by atoms with E-state index in [0.717, 1.165) is 10.8 Å². The van der Waals surface area contributed by atoms with Crippen molar-refractivity contribution in [3.05, 3.63) is 77.9 Å². The second-order valence-corrected chi connectivity index (χ2v) is 5.05. The number of amides is 1. The van der Waals surface area contributed by atoms with E-state index in [1.165, 1.54) is 7.11 Å². The average Bonchev–Trinajstić information content (AvgIpc) is 2.61. The predicted molar refractivity (Wildman–Crippen MR) is 89.7 cm³/mol. The fourth-order valence-electron chi connectivity index (χ4n) is 2.43. The van der Waals surface area contributed by atoms with Crippen LogP contribution in [0.4, 0.5) is 5.69 Å². The maximum Gasteiger partial charge on any atom is 0.337 e. The van der Waals surface area contributed by atoms with Gasteiger partial charge >= 0.3 is 5.97 Å². The molecule has 1 N–H and O–H groups in total. The molecule has 0 aliphatic rings.